The number of nitrogens with zero attached hydrogens (tertiary/aromatic N) is 1. The number of anilines is 1. The Kier molecular flexibility index (Phi) is 5.20. The van der Waals surface area contributed by atoms with Gasteiger partial charge in [0.2, 0.25) is 0 Å². The maximum atomic E-state index is 12.7. The van der Waals surface area contributed by atoms with Gasteiger partial charge in [0.05, 0.1) is 5.02 Å². The fourth-order valence-corrected chi connectivity index (χ4v) is 4.73. The first-order valence-corrected chi connectivity index (χ1v) is 10.2. The van der Waals surface area contributed by atoms with Crippen molar-refractivity contribution in [3.63, 3.8) is 0 Å². The number of hydrogen-bond acceptors (Lipinski definition) is 4. The topological polar surface area (TPSA) is 46.6 Å². The highest BCUT2D eigenvalue weighted by Gasteiger charge is 2.29. The first kappa shape index (κ1) is 18.7. The smallest absolute Gasteiger partial charge is 0.331 e. The number of para-hydroxylation sites is 1. The van der Waals surface area contributed by atoms with Crippen molar-refractivity contribution in [1.82, 2.24) is 0 Å². The molecule has 0 aliphatic carbocycles. The van der Waals surface area contributed by atoms with Crippen LogP contribution in [-0.4, -0.2) is 24.5 Å². The number of fused-ring (bicyclic) bond motifs is 2. The quantitative estimate of drug-likeness (QED) is 0.443. The van der Waals surface area contributed by atoms with E-state index in [1.54, 1.807) is 17.9 Å². The minimum atomic E-state index is -0.860. The van der Waals surface area contributed by atoms with E-state index in [0.717, 1.165) is 32.6 Å². The minimum Gasteiger partial charge on any atom is -0.449 e. The summed E-state index contributed by atoms with van der Waals surface area (Å²) in [7, 11) is 0. The normalized spacial score (nSPS) is 14.4. The first-order valence-electron chi connectivity index (χ1n) is 8.99. The number of benzene rings is 2. The molecule has 142 valence electrons. The summed E-state index contributed by atoms with van der Waals surface area (Å²) in [6.45, 7) is 2.20. The number of halogens is 1. The van der Waals surface area contributed by atoms with Crippen molar-refractivity contribution in [2.45, 2.75) is 19.4 Å². The van der Waals surface area contributed by atoms with E-state index in [1.165, 1.54) is 17.4 Å². The van der Waals surface area contributed by atoms with Crippen LogP contribution >= 0.6 is 22.9 Å². The Labute approximate surface area is 172 Å². The largest absolute Gasteiger partial charge is 0.449 e. The molecule has 0 spiro atoms. The molecule has 0 saturated heterocycles. The van der Waals surface area contributed by atoms with Crippen molar-refractivity contribution in [1.29, 1.82) is 0 Å². The molecule has 0 radical (unpaired) electrons. The Bertz CT molecular complexity index is 1090. The lowest BCUT2D eigenvalue weighted by molar-refractivity contribution is -0.149. The molecule has 4 rings (SSSR count). The van der Waals surface area contributed by atoms with E-state index in [4.69, 9.17) is 16.3 Å². The molecular weight excluding hydrogens is 394 g/mol. The van der Waals surface area contributed by atoms with Crippen LogP contribution < -0.4 is 4.90 Å². The molecule has 3 aromatic rings. The van der Waals surface area contributed by atoms with Gasteiger partial charge in [0.25, 0.3) is 5.91 Å². The molecule has 2 heterocycles. The Balaban J connectivity index is 1.42. The van der Waals surface area contributed by atoms with Crippen LogP contribution in [0.4, 0.5) is 5.69 Å². The van der Waals surface area contributed by atoms with E-state index >= 15 is 0 Å². The Hall–Kier alpha value is -2.63. The van der Waals surface area contributed by atoms with Gasteiger partial charge >= 0.3 is 5.97 Å². The number of hydrogen-bond donors (Lipinski definition) is 0. The summed E-state index contributed by atoms with van der Waals surface area (Å²) < 4.78 is 6.37. The summed E-state index contributed by atoms with van der Waals surface area (Å²) in [6.07, 6.45) is 2.91. The number of carbonyl (C=O) groups is 2. The maximum absolute atomic E-state index is 12.7. The third kappa shape index (κ3) is 3.55. The fraction of sp³-hybridized carbons (Fsp3) is 0.182. The van der Waals surface area contributed by atoms with Crippen LogP contribution in [0, 0.1) is 0 Å². The molecule has 1 amide bonds. The lowest BCUT2D eigenvalue weighted by Gasteiger charge is -2.21. The molecule has 0 N–H and O–H groups in total. The molecule has 6 heteroatoms. The van der Waals surface area contributed by atoms with Gasteiger partial charge < -0.3 is 9.64 Å². The number of carbonyl (C=O) groups excluding carboxylic acids is 2. The molecule has 1 aromatic heterocycles. The molecule has 28 heavy (non-hydrogen) atoms. The van der Waals surface area contributed by atoms with Crippen LogP contribution in [0.2, 0.25) is 5.02 Å². The van der Waals surface area contributed by atoms with Crippen molar-refractivity contribution < 1.29 is 14.3 Å². The minimum absolute atomic E-state index is 0.216. The third-order valence-electron chi connectivity index (χ3n) is 4.72. The van der Waals surface area contributed by atoms with Crippen LogP contribution in [0.1, 0.15) is 17.4 Å². The standard InChI is InChI=1S/C22H18ClNO3S/c1-14(22(26)24-13-12-15-6-2-4-8-17(15)24)27-20(25)11-10-19-21(23)16-7-3-5-9-18(16)28-19/h2-11,14H,12-13H2,1H3/b11-10+/t14-/m1/s1. The van der Waals surface area contributed by atoms with Gasteiger partial charge in [-0.1, -0.05) is 48.0 Å². The number of ether oxygens (including phenoxy) is 1. The molecule has 0 fully saturated rings. The summed E-state index contributed by atoms with van der Waals surface area (Å²) in [5.41, 5.74) is 2.02. The molecule has 2 aromatic carbocycles. The monoisotopic (exact) mass is 411 g/mol. The van der Waals surface area contributed by atoms with Crippen LogP contribution in [0.15, 0.2) is 54.6 Å². The molecule has 0 saturated carbocycles. The van der Waals surface area contributed by atoms with Gasteiger partial charge in [-0.15, -0.1) is 11.3 Å². The lowest BCUT2D eigenvalue weighted by Crippen LogP contribution is -2.38. The Morgan fingerprint density at radius 1 is 1.18 bits per heavy atom. The zero-order valence-corrected chi connectivity index (χ0v) is 16.8. The van der Waals surface area contributed by atoms with E-state index < -0.39 is 12.1 Å². The van der Waals surface area contributed by atoms with Crippen molar-refractivity contribution in [3.8, 4) is 0 Å². The van der Waals surface area contributed by atoms with Crippen LogP contribution in [-0.2, 0) is 20.7 Å². The Morgan fingerprint density at radius 3 is 2.75 bits per heavy atom. The predicted octanol–water partition coefficient (Wildman–Crippen LogP) is 5.09. The van der Waals surface area contributed by atoms with Gasteiger partial charge in [-0.2, -0.15) is 0 Å². The highest BCUT2D eigenvalue weighted by atomic mass is 35.5. The van der Waals surface area contributed by atoms with E-state index in [-0.39, 0.29) is 5.91 Å². The number of amides is 1. The van der Waals surface area contributed by atoms with Crippen molar-refractivity contribution in [3.05, 3.63) is 70.1 Å². The second-order valence-corrected chi connectivity index (χ2v) is 8.02. The summed E-state index contributed by atoms with van der Waals surface area (Å²) >= 11 is 7.88. The number of esters is 1. The van der Waals surface area contributed by atoms with E-state index in [0.29, 0.717) is 11.6 Å². The van der Waals surface area contributed by atoms with Crippen molar-refractivity contribution in [2.24, 2.45) is 0 Å². The molecule has 0 unspecified atom stereocenters. The predicted molar refractivity (Wildman–Crippen MR) is 114 cm³/mol. The molecule has 1 aliphatic heterocycles. The highest BCUT2D eigenvalue weighted by Crippen LogP contribution is 2.36. The first-order chi connectivity index (χ1) is 13.5. The lowest BCUT2D eigenvalue weighted by atomic mass is 10.2. The maximum Gasteiger partial charge on any atom is 0.331 e. The molecule has 0 bridgehead atoms. The van der Waals surface area contributed by atoms with E-state index in [2.05, 4.69) is 0 Å². The molecular formula is C22H18ClNO3S. The SMILES string of the molecule is C[C@@H](OC(=O)/C=C/c1sc2ccccc2c1Cl)C(=O)N1CCc2ccccc21. The second kappa shape index (κ2) is 7.78. The summed E-state index contributed by atoms with van der Waals surface area (Å²) in [5, 5.41) is 1.57. The average Bonchev–Trinajstić information content (AvgIpc) is 3.27. The average molecular weight is 412 g/mol. The van der Waals surface area contributed by atoms with Crippen LogP contribution in [0.3, 0.4) is 0 Å². The van der Waals surface area contributed by atoms with Crippen LogP contribution in [0.5, 0.6) is 0 Å². The van der Waals surface area contributed by atoms with E-state index in [1.807, 2.05) is 48.5 Å². The molecule has 1 aliphatic rings. The highest BCUT2D eigenvalue weighted by molar-refractivity contribution is 7.20. The summed E-state index contributed by atoms with van der Waals surface area (Å²) in [5.74, 6) is -0.784. The third-order valence-corrected chi connectivity index (χ3v) is 6.38. The van der Waals surface area contributed by atoms with Gasteiger partial charge in [-0.25, -0.2) is 4.79 Å². The van der Waals surface area contributed by atoms with Gasteiger partial charge in [-0.05, 0) is 37.1 Å². The van der Waals surface area contributed by atoms with Gasteiger partial charge in [0.15, 0.2) is 6.10 Å². The molecule has 1 atom stereocenters. The molecule has 4 nitrogen and oxygen atoms in total. The van der Waals surface area contributed by atoms with Gasteiger partial charge in [0, 0.05) is 33.3 Å². The van der Waals surface area contributed by atoms with Crippen molar-refractivity contribution >= 4 is 56.7 Å². The fourth-order valence-electron chi connectivity index (χ4n) is 3.33. The zero-order chi connectivity index (χ0) is 19.7. The van der Waals surface area contributed by atoms with Crippen LogP contribution in [0.25, 0.3) is 16.2 Å². The number of thiophene rings is 1. The number of rotatable bonds is 4. The van der Waals surface area contributed by atoms with Gasteiger partial charge in [0.1, 0.15) is 0 Å². The van der Waals surface area contributed by atoms with Crippen molar-refractivity contribution in [2.75, 3.05) is 11.4 Å². The summed E-state index contributed by atoms with van der Waals surface area (Å²) in [6, 6.07) is 15.6. The summed E-state index contributed by atoms with van der Waals surface area (Å²) in [4.78, 5) is 27.4. The Morgan fingerprint density at radius 2 is 1.93 bits per heavy atom. The van der Waals surface area contributed by atoms with E-state index in [9.17, 15) is 9.59 Å². The zero-order valence-electron chi connectivity index (χ0n) is 15.2. The van der Waals surface area contributed by atoms with Gasteiger partial charge in [-0.3, -0.25) is 4.79 Å². The second-order valence-electron chi connectivity index (χ2n) is 6.56.